The lowest BCUT2D eigenvalue weighted by Crippen LogP contribution is -2.29. The van der Waals surface area contributed by atoms with Crippen LogP contribution in [0.4, 0.5) is 4.39 Å². The van der Waals surface area contributed by atoms with E-state index in [-0.39, 0.29) is 5.82 Å². The predicted molar refractivity (Wildman–Crippen MR) is 87.2 cm³/mol. The maximum absolute atomic E-state index is 13.0. The van der Waals surface area contributed by atoms with E-state index in [0.29, 0.717) is 12.0 Å². The molecule has 2 aromatic carbocycles. The van der Waals surface area contributed by atoms with Crippen LogP contribution in [0.3, 0.4) is 0 Å². The van der Waals surface area contributed by atoms with Crippen molar-refractivity contribution in [1.82, 2.24) is 5.32 Å². The summed E-state index contributed by atoms with van der Waals surface area (Å²) in [5.41, 5.74) is 3.79. The normalized spacial score (nSPS) is 12.6. The molecule has 1 N–H and O–H groups in total. The number of hydrogen-bond acceptors (Lipinski definition) is 1. The first-order valence-electron chi connectivity index (χ1n) is 7.59. The largest absolute Gasteiger partial charge is 0.314 e. The van der Waals surface area contributed by atoms with Gasteiger partial charge in [-0.05, 0) is 36.6 Å². The van der Waals surface area contributed by atoms with E-state index in [1.54, 1.807) is 12.1 Å². The molecule has 0 bridgehead atoms. The second kappa shape index (κ2) is 7.37. The Morgan fingerprint density at radius 1 is 1.05 bits per heavy atom. The van der Waals surface area contributed by atoms with Crippen molar-refractivity contribution in [3.8, 4) is 0 Å². The van der Waals surface area contributed by atoms with Crippen LogP contribution < -0.4 is 5.32 Å². The fraction of sp³-hybridized carbons (Fsp3) is 0.368. The maximum Gasteiger partial charge on any atom is 0.123 e. The molecule has 0 aliphatic rings. The summed E-state index contributed by atoms with van der Waals surface area (Å²) in [6, 6.07) is 16.0. The van der Waals surface area contributed by atoms with Crippen LogP contribution in [0.25, 0.3) is 0 Å². The second-order valence-corrected chi connectivity index (χ2v) is 6.00. The molecule has 0 spiro atoms. The molecule has 112 valence electrons. The third-order valence-corrected chi connectivity index (χ3v) is 3.68. The molecule has 0 fully saturated rings. The minimum atomic E-state index is -0.175. The second-order valence-electron chi connectivity index (χ2n) is 6.00. The minimum absolute atomic E-state index is 0.175. The number of aryl methyl sites for hydroxylation is 1. The van der Waals surface area contributed by atoms with E-state index in [2.05, 4.69) is 50.4 Å². The number of benzene rings is 2. The van der Waals surface area contributed by atoms with E-state index in [0.717, 1.165) is 13.0 Å². The molecule has 1 atom stereocenters. The van der Waals surface area contributed by atoms with Gasteiger partial charge in [0.05, 0.1) is 0 Å². The van der Waals surface area contributed by atoms with Crippen LogP contribution in [0.2, 0.25) is 0 Å². The van der Waals surface area contributed by atoms with E-state index in [1.165, 1.54) is 16.7 Å². The van der Waals surface area contributed by atoms with Crippen LogP contribution in [0, 0.1) is 12.7 Å². The minimum Gasteiger partial charge on any atom is -0.314 e. The molecule has 1 nitrogen and oxygen atoms in total. The fourth-order valence-corrected chi connectivity index (χ4v) is 2.51. The highest BCUT2D eigenvalue weighted by Crippen LogP contribution is 2.22. The van der Waals surface area contributed by atoms with Gasteiger partial charge >= 0.3 is 0 Å². The smallest absolute Gasteiger partial charge is 0.123 e. The summed E-state index contributed by atoms with van der Waals surface area (Å²) in [7, 11) is 0. The first-order chi connectivity index (χ1) is 10.0. The van der Waals surface area contributed by atoms with Gasteiger partial charge in [0.15, 0.2) is 0 Å². The summed E-state index contributed by atoms with van der Waals surface area (Å²) < 4.78 is 13.0. The van der Waals surface area contributed by atoms with Crippen molar-refractivity contribution < 1.29 is 4.39 Å². The van der Waals surface area contributed by atoms with Crippen molar-refractivity contribution in [1.29, 1.82) is 0 Å². The van der Waals surface area contributed by atoms with Gasteiger partial charge in [-0.2, -0.15) is 0 Å². The average molecular weight is 285 g/mol. The summed E-state index contributed by atoms with van der Waals surface area (Å²) in [5.74, 6) is 0.226. The van der Waals surface area contributed by atoms with Gasteiger partial charge in [0, 0.05) is 18.5 Å². The molecule has 21 heavy (non-hydrogen) atoms. The summed E-state index contributed by atoms with van der Waals surface area (Å²) in [6.07, 6.45) is 0.920. The number of halogens is 1. The summed E-state index contributed by atoms with van der Waals surface area (Å²) in [6.45, 7) is 7.36. The number of nitrogens with one attached hydrogen (secondary N) is 1. The highest BCUT2D eigenvalue weighted by molar-refractivity contribution is 5.28. The Morgan fingerprint density at radius 3 is 2.38 bits per heavy atom. The summed E-state index contributed by atoms with van der Waals surface area (Å²) in [5, 5.41) is 3.52. The van der Waals surface area contributed by atoms with Gasteiger partial charge in [-0.25, -0.2) is 4.39 Å². The van der Waals surface area contributed by atoms with Crippen LogP contribution in [-0.4, -0.2) is 12.6 Å². The Bertz CT molecular complexity index is 560. The Morgan fingerprint density at radius 2 is 1.76 bits per heavy atom. The third-order valence-electron chi connectivity index (χ3n) is 3.68. The Kier molecular flexibility index (Phi) is 5.51. The Labute approximate surface area is 127 Å². The highest BCUT2D eigenvalue weighted by atomic mass is 19.1. The van der Waals surface area contributed by atoms with Crippen LogP contribution in [0.5, 0.6) is 0 Å². The zero-order chi connectivity index (χ0) is 15.2. The van der Waals surface area contributed by atoms with Crippen LogP contribution >= 0.6 is 0 Å². The number of rotatable bonds is 6. The van der Waals surface area contributed by atoms with Crippen molar-refractivity contribution in [2.75, 3.05) is 6.54 Å². The molecule has 1 unspecified atom stereocenters. The molecule has 0 aromatic heterocycles. The Balaban J connectivity index is 2.17. The van der Waals surface area contributed by atoms with E-state index in [1.807, 2.05) is 12.1 Å². The molecule has 0 aliphatic heterocycles. The van der Waals surface area contributed by atoms with Crippen molar-refractivity contribution in [3.05, 3.63) is 71.0 Å². The van der Waals surface area contributed by atoms with Gasteiger partial charge in [0.2, 0.25) is 0 Å². The van der Waals surface area contributed by atoms with Crippen molar-refractivity contribution in [3.63, 3.8) is 0 Å². The Hall–Kier alpha value is -1.67. The molecule has 0 saturated carbocycles. The van der Waals surface area contributed by atoms with Gasteiger partial charge in [-0.15, -0.1) is 0 Å². The molecule has 0 amide bonds. The van der Waals surface area contributed by atoms with Crippen LogP contribution in [-0.2, 0) is 6.42 Å². The van der Waals surface area contributed by atoms with Crippen molar-refractivity contribution in [2.24, 2.45) is 0 Å². The molecule has 0 aliphatic carbocycles. The summed E-state index contributed by atoms with van der Waals surface area (Å²) >= 11 is 0. The molecule has 0 saturated heterocycles. The molecule has 2 heteroatoms. The lowest BCUT2D eigenvalue weighted by Gasteiger charge is -2.20. The standard InChI is InChI=1S/C19H24FN/c1-14(2)21-13-18(17-6-4-5-15(3)11-17)12-16-7-9-19(20)10-8-16/h4-11,14,18,21H,12-13H2,1-3H3. The molecule has 2 rings (SSSR count). The highest BCUT2D eigenvalue weighted by Gasteiger charge is 2.13. The maximum atomic E-state index is 13.0. The quantitative estimate of drug-likeness (QED) is 0.826. The van der Waals surface area contributed by atoms with E-state index in [4.69, 9.17) is 0 Å². The molecule has 0 radical (unpaired) electrons. The third kappa shape index (κ3) is 4.98. The molecule has 0 heterocycles. The van der Waals surface area contributed by atoms with Crippen molar-refractivity contribution in [2.45, 2.75) is 39.2 Å². The molecular formula is C19H24FN. The lowest BCUT2D eigenvalue weighted by molar-refractivity contribution is 0.526. The first kappa shape index (κ1) is 15.7. The van der Waals surface area contributed by atoms with Gasteiger partial charge in [0.1, 0.15) is 5.82 Å². The average Bonchev–Trinajstić information content (AvgIpc) is 2.45. The van der Waals surface area contributed by atoms with E-state index < -0.39 is 0 Å². The lowest BCUT2D eigenvalue weighted by atomic mass is 9.91. The van der Waals surface area contributed by atoms with Crippen LogP contribution in [0.1, 0.15) is 36.5 Å². The summed E-state index contributed by atoms with van der Waals surface area (Å²) in [4.78, 5) is 0. The van der Waals surface area contributed by atoms with Crippen LogP contribution in [0.15, 0.2) is 48.5 Å². The monoisotopic (exact) mass is 285 g/mol. The molecule has 2 aromatic rings. The van der Waals surface area contributed by atoms with Gasteiger partial charge in [-0.1, -0.05) is 55.8 Å². The zero-order valence-electron chi connectivity index (χ0n) is 13.1. The number of hydrogen-bond donors (Lipinski definition) is 1. The van der Waals surface area contributed by atoms with E-state index >= 15 is 0 Å². The SMILES string of the molecule is Cc1cccc(C(CNC(C)C)Cc2ccc(F)cc2)c1. The fourth-order valence-electron chi connectivity index (χ4n) is 2.51. The first-order valence-corrected chi connectivity index (χ1v) is 7.59. The van der Waals surface area contributed by atoms with Gasteiger partial charge in [-0.3, -0.25) is 0 Å². The van der Waals surface area contributed by atoms with Gasteiger partial charge < -0.3 is 5.32 Å². The zero-order valence-corrected chi connectivity index (χ0v) is 13.1. The predicted octanol–water partition coefficient (Wildman–Crippen LogP) is 4.46. The van der Waals surface area contributed by atoms with E-state index in [9.17, 15) is 4.39 Å². The molecular weight excluding hydrogens is 261 g/mol. The van der Waals surface area contributed by atoms with Gasteiger partial charge in [0.25, 0.3) is 0 Å². The topological polar surface area (TPSA) is 12.0 Å². The van der Waals surface area contributed by atoms with Crippen molar-refractivity contribution >= 4 is 0 Å².